The predicted octanol–water partition coefficient (Wildman–Crippen LogP) is 4.17. The summed E-state index contributed by atoms with van der Waals surface area (Å²) in [6.45, 7) is 7.58. The summed E-state index contributed by atoms with van der Waals surface area (Å²) in [6, 6.07) is 6.80. The molecule has 0 spiro atoms. The maximum absolute atomic E-state index is 6.09. The van der Waals surface area contributed by atoms with Gasteiger partial charge < -0.3 is 5.73 Å². The lowest BCUT2D eigenvalue weighted by Crippen LogP contribution is -2.26. The van der Waals surface area contributed by atoms with Gasteiger partial charge in [0.15, 0.2) is 0 Å². The van der Waals surface area contributed by atoms with Crippen molar-refractivity contribution in [2.24, 2.45) is 17.6 Å². The second kappa shape index (κ2) is 5.88. The molecule has 0 saturated heterocycles. The third-order valence-corrected chi connectivity index (χ3v) is 4.72. The number of hydrogen-bond acceptors (Lipinski definition) is 1. The Bertz CT molecular complexity index is 389. The highest BCUT2D eigenvalue weighted by atomic mass is 14.6. The van der Waals surface area contributed by atoms with Gasteiger partial charge in [-0.05, 0) is 62.1 Å². The second-order valence-electron chi connectivity index (χ2n) is 6.22. The Morgan fingerprint density at radius 3 is 2.44 bits per heavy atom. The first-order chi connectivity index (χ1) is 8.61. The number of rotatable bonds is 3. The fourth-order valence-electron chi connectivity index (χ4n) is 3.42. The van der Waals surface area contributed by atoms with E-state index < -0.39 is 0 Å². The normalized spacial score (nSPS) is 26.0. The van der Waals surface area contributed by atoms with Crippen LogP contribution in [0.2, 0.25) is 0 Å². The monoisotopic (exact) mass is 245 g/mol. The Morgan fingerprint density at radius 1 is 1.17 bits per heavy atom. The zero-order valence-electron chi connectivity index (χ0n) is 12.1. The minimum absolute atomic E-state index is 0.567. The van der Waals surface area contributed by atoms with Gasteiger partial charge in [0.05, 0.1) is 0 Å². The molecule has 0 aliphatic heterocycles. The molecule has 0 aromatic heterocycles. The lowest BCUT2D eigenvalue weighted by Gasteiger charge is -2.33. The average Bonchev–Trinajstić information content (AvgIpc) is 2.37. The summed E-state index contributed by atoms with van der Waals surface area (Å²) in [7, 11) is 0. The molecule has 1 unspecified atom stereocenters. The molecule has 1 aromatic carbocycles. The molecule has 0 heterocycles. The molecule has 1 heteroatoms. The Kier molecular flexibility index (Phi) is 4.45. The van der Waals surface area contributed by atoms with E-state index >= 15 is 0 Å². The van der Waals surface area contributed by atoms with Crippen molar-refractivity contribution in [3.63, 3.8) is 0 Å². The Morgan fingerprint density at radius 2 is 1.83 bits per heavy atom. The molecule has 1 atom stereocenters. The number of benzene rings is 1. The molecule has 1 aliphatic rings. The highest BCUT2D eigenvalue weighted by Crippen LogP contribution is 2.38. The maximum atomic E-state index is 6.09. The fourth-order valence-corrected chi connectivity index (χ4v) is 3.42. The van der Waals surface area contributed by atoms with E-state index in [1.807, 2.05) is 0 Å². The standard InChI is InChI=1S/C17H27N/c1-12-5-8-15(9-6-12)17(11-18)16-10-13(2)4-7-14(16)3/h4,7,10,12,15,17H,5-6,8-9,11,18H2,1-3H3. The second-order valence-corrected chi connectivity index (χ2v) is 6.22. The summed E-state index contributed by atoms with van der Waals surface area (Å²) in [5, 5.41) is 0. The van der Waals surface area contributed by atoms with Crippen LogP contribution in [0.3, 0.4) is 0 Å². The smallest absolute Gasteiger partial charge is 0.000546 e. The summed E-state index contributed by atoms with van der Waals surface area (Å²) in [6.07, 6.45) is 5.48. The number of nitrogens with two attached hydrogens (primary N) is 1. The number of aryl methyl sites for hydroxylation is 2. The number of hydrogen-bond donors (Lipinski definition) is 1. The molecule has 2 N–H and O–H groups in total. The summed E-state index contributed by atoms with van der Waals surface area (Å²) in [5.74, 6) is 2.28. The van der Waals surface area contributed by atoms with Crippen molar-refractivity contribution in [3.8, 4) is 0 Å². The highest BCUT2D eigenvalue weighted by molar-refractivity contribution is 5.34. The molecule has 1 nitrogen and oxygen atoms in total. The molecule has 0 radical (unpaired) electrons. The van der Waals surface area contributed by atoms with Crippen LogP contribution in [0.15, 0.2) is 18.2 Å². The first kappa shape index (κ1) is 13.6. The van der Waals surface area contributed by atoms with Crippen molar-refractivity contribution in [2.75, 3.05) is 6.54 Å². The van der Waals surface area contributed by atoms with Crippen LogP contribution in [0.1, 0.15) is 55.2 Å². The molecule has 1 aliphatic carbocycles. The van der Waals surface area contributed by atoms with Crippen molar-refractivity contribution in [3.05, 3.63) is 34.9 Å². The van der Waals surface area contributed by atoms with Crippen LogP contribution in [-0.4, -0.2) is 6.54 Å². The molecule has 0 bridgehead atoms. The van der Waals surface area contributed by atoms with E-state index in [1.54, 1.807) is 0 Å². The molecule has 1 aromatic rings. The van der Waals surface area contributed by atoms with Gasteiger partial charge in [0.1, 0.15) is 0 Å². The van der Waals surface area contributed by atoms with E-state index in [0.717, 1.165) is 18.4 Å². The summed E-state index contributed by atoms with van der Waals surface area (Å²) in [5.41, 5.74) is 10.4. The lowest BCUT2D eigenvalue weighted by atomic mass is 9.73. The van der Waals surface area contributed by atoms with E-state index in [4.69, 9.17) is 5.73 Å². The van der Waals surface area contributed by atoms with Crippen molar-refractivity contribution in [1.29, 1.82) is 0 Å². The van der Waals surface area contributed by atoms with Crippen LogP contribution in [0.5, 0.6) is 0 Å². The van der Waals surface area contributed by atoms with Crippen LogP contribution in [0, 0.1) is 25.7 Å². The first-order valence-corrected chi connectivity index (χ1v) is 7.39. The van der Waals surface area contributed by atoms with Gasteiger partial charge in [0.2, 0.25) is 0 Å². The summed E-state index contributed by atoms with van der Waals surface area (Å²) < 4.78 is 0. The van der Waals surface area contributed by atoms with E-state index in [1.165, 1.54) is 42.4 Å². The van der Waals surface area contributed by atoms with Crippen molar-refractivity contribution >= 4 is 0 Å². The fraction of sp³-hybridized carbons (Fsp3) is 0.647. The Labute approximate surface area is 112 Å². The molecule has 100 valence electrons. The predicted molar refractivity (Wildman–Crippen MR) is 78.8 cm³/mol. The highest BCUT2D eigenvalue weighted by Gasteiger charge is 2.27. The van der Waals surface area contributed by atoms with Crippen molar-refractivity contribution in [2.45, 2.75) is 52.4 Å². The van der Waals surface area contributed by atoms with Gasteiger partial charge in [-0.2, -0.15) is 0 Å². The summed E-state index contributed by atoms with van der Waals surface area (Å²) in [4.78, 5) is 0. The third kappa shape index (κ3) is 2.95. The molecule has 2 rings (SSSR count). The quantitative estimate of drug-likeness (QED) is 0.849. The van der Waals surface area contributed by atoms with Gasteiger partial charge in [-0.15, -0.1) is 0 Å². The van der Waals surface area contributed by atoms with Crippen molar-refractivity contribution in [1.82, 2.24) is 0 Å². The molecular formula is C17H27N. The Balaban J connectivity index is 2.19. The molecule has 1 saturated carbocycles. The van der Waals surface area contributed by atoms with Gasteiger partial charge in [-0.3, -0.25) is 0 Å². The largest absolute Gasteiger partial charge is 0.330 e. The lowest BCUT2D eigenvalue weighted by molar-refractivity contribution is 0.255. The average molecular weight is 245 g/mol. The van der Waals surface area contributed by atoms with Crippen LogP contribution in [0.25, 0.3) is 0 Å². The van der Waals surface area contributed by atoms with Gasteiger partial charge in [-0.1, -0.05) is 43.5 Å². The zero-order valence-corrected chi connectivity index (χ0v) is 12.1. The zero-order chi connectivity index (χ0) is 13.1. The van der Waals surface area contributed by atoms with Gasteiger partial charge >= 0.3 is 0 Å². The van der Waals surface area contributed by atoms with Gasteiger partial charge in [0, 0.05) is 0 Å². The van der Waals surface area contributed by atoms with Gasteiger partial charge in [0.25, 0.3) is 0 Å². The molecule has 1 fully saturated rings. The van der Waals surface area contributed by atoms with E-state index in [9.17, 15) is 0 Å². The van der Waals surface area contributed by atoms with Crippen LogP contribution >= 0.6 is 0 Å². The first-order valence-electron chi connectivity index (χ1n) is 7.39. The molecule has 0 amide bonds. The van der Waals surface area contributed by atoms with E-state index in [2.05, 4.69) is 39.0 Å². The third-order valence-electron chi connectivity index (χ3n) is 4.72. The summed E-state index contributed by atoms with van der Waals surface area (Å²) >= 11 is 0. The SMILES string of the molecule is Cc1ccc(C)c(C(CN)C2CCC(C)CC2)c1. The topological polar surface area (TPSA) is 26.0 Å². The Hall–Kier alpha value is -0.820. The molecular weight excluding hydrogens is 218 g/mol. The minimum atomic E-state index is 0.567. The van der Waals surface area contributed by atoms with Crippen LogP contribution in [0.4, 0.5) is 0 Å². The molecule has 18 heavy (non-hydrogen) atoms. The van der Waals surface area contributed by atoms with Crippen LogP contribution in [-0.2, 0) is 0 Å². The van der Waals surface area contributed by atoms with Crippen molar-refractivity contribution < 1.29 is 0 Å². The maximum Gasteiger partial charge on any atom is -0.000546 e. The van der Waals surface area contributed by atoms with Crippen LogP contribution < -0.4 is 5.73 Å². The van der Waals surface area contributed by atoms with E-state index in [0.29, 0.717) is 5.92 Å². The van der Waals surface area contributed by atoms with E-state index in [-0.39, 0.29) is 0 Å². The minimum Gasteiger partial charge on any atom is -0.330 e. The van der Waals surface area contributed by atoms with Gasteiger partial charge in [-0.25, -0.2) is 0 Å².